The van der Waals surface area contributed by atoms with Crippen molar-refractivity contribution in [2.45, 2.75) is 25.9 Å². The van der Waals surface area contributed by atoms with Gasteiger partial charge < -0.3 is 5.73 Å². The molecule has 0 spiro atoms. The molecule has 0 bridgehead atoms. The second-order valence-corrected chi connectivity index (χ2v) is 2.55. The summed E-state index contributed by atoms with van der Waals surface area (Å²) in [6.45, 7) is 1.29. The first-order chi connectivity index (χ1) is 5.59. The summed E-state index contributed by atoms with van der Waals surface area (Å²) in [5.74, 6) is 0. The fourth-order valence-electron chi connectivity index (χ4n) is 0.753. The van der Waals surface area contributed by atoms with E-state index in [9.17, 15) is 8.78 Å². The van der Waals surface area contributed by atoms with Gasteiger partial charge in [0.25, 0.3) is 6.43 Å². The molecule has 1 heterocycles. The molecule has 12 heavy (non-hydrogen) atoms. The summed E-state index contributed by atoms with van der Waals surface area (Å²) in [6.07, 6.45) is -0.982. The third-order valence-electron chi connectivity index (χ3n) is 1.35. The Morgan fingerprint density at radius 1 is 1.67 bits per heavy atom. The first kappa shape index (κ1) is 9.05. The largest absolute Gasteiger partial charge is 0.323 e. The molecule has 0 aliphatic carbocycles. The molecule has 1 aromatic rings. The third-order valence-corrected chi connectivity index (χ3v) is 1.35. The highest BCUT2D eigenvalue weighted by molar-refractivity contribution is 4.97. The standard InChI is InChI=1S/C6H10F2N4/c1-4(9)5-2-12(11-10-5)3-6(7)8/h2,4,6H,3,9H2,1H3/t4-/m0/s1. The van der Waals surface area contributed by atoms with E-state index in [1.54, 1.807) is 6.92 Å². The molecule has 6 heteroatoms. The lowest BCUT2D eigenvalue weighted by Gasteiger charge is -1.97. The highest BCUT2D eigenvalue weighted by Crippen LogP contribution is 2.04. The minimum absolute atomic E-state index is 0.267. The van der Waals surface area contributed by atoms with E-state index in [4.69, 9.17) is 5.73 Å². The Balaban J connectivity index is 2.64. The Labute approximate surface area is 68.4 Å². The lowest BCUT2D eigenvalue weighted by atomic mass is 10.3. The molecule has 68 valence electrons. The number of nitrogens with two attached hydrogens (primary N) is 1. The predicted molar refractivity (Wildman–Crippen MR) is 38.6 cm³/mol. The van der Waals surface area contributed by atoms with E-state index in [1.807, 2.05) is 0 Å². The molecule has 0 aliphatic heterocycles. The van der Waals surface area contributed by atoms with Crippen LogP contribution in [0.2, 0.25) is 0 Å². The maximum atomic E-state index is 11.8. The minimum atomic E-state index is -2.41. The van der Waals surface area contributed by atoms with Gasteiger partial charge in [-0.1, -0.05) is 5.21 Å². The molecular formula is C6H10F2N4. The molecule has 0 radical (unpaired) electrons. The van der Waals surface area contributed by atoms with Gasteiger partial charge in [-0.25, -0.2) is 13.5 Å². The Morgan fingerprint density at radius 3 is 2.75 bits per heavy atom. The van der Waals surface area contributed by atoms with Crippen LogP contribution in [0.5, 0.6) is 0 Å². The van der Waals surface area contributed by atoms with Crippen molar-refractivity contribution in [1.82, 2.24) is 15.0 Å². The SMILES string of the molecule is C[C@H](N)c1cn(CC(F)F)nn1. The quantitative estimate of drug-likeness (QED) is 0.732. The Hall–Kier alpha value is -1.04. The summed E-state index contributed by atoms with van der Waals surface area (Å²) in [7, 11) is 0. The van der Waals surface area contributed by atoms with E-state index in [2.05, 4.69) is 10.3 Å². The summed E-state index contributed by atoms with van der Waals surface area (Å²) >= 11 is 0. The van der Waals surface area contributed by atoms with Crippen LogP contribution in [0, 0.1) is 0 Å². The van der Waals surface area contributed by atoms with Gasteiger partial charge in [0.1, 0.15) is 6.54 Å². The van der Waals surface area contributed by atoms with Gasteiger partial charge in [-0.15, -0.1) is 5.10 Å². The molecule has 0 saturated heterocycles. The topological polar surface area (TPSA) is 56.7 Å². The van der Waals surface area contributed by atoms with E-state index < -0.39 is 13.0 Å². The van der Waals surface area contributed by atoms with E-state index in [-0.39, 0.29) is 6.04 Å². The number of hydrogen-bond acceptors (Lipinski definition) is 3. The van der Waals surface area contributed by atoms with Gasteiger partial charge in [0, 0.05) is 6.04 Å². The van der Waals surface area contributed by atoms with E-state index >= 15 is 0 Å². The summed E-state index contributed by atoms with van der Waals surface area (Å²) in [4.78, 5) is 0. The van der Waals surface area contributed by atoms with Crippen LogP contribution in [0.25, 0.3) is 0 Å². The fourth-order valence-corrected chi connectivity index (χ4v) is 0.753. The molecule has 0 saturated carbocycles. The van der Waals surface area contributed by atoms with Crippen molar-refractivity contribution < 1.29 is 8.78 Å². The second-order valence-electron chi connectivity index (χ2n) is 2.55. The summed E-state index contributed by atoms with van der Waals surface area (Å²) in [5.41, 5.74) is 5.98. The average Bonchev–Trinajstić information content (AvgIpc) is 2.34. The number of aromatic nitrogens is 3. The van der Waals surface area contributed by atoms with Crippen molar-refractivity contribution in [3.63, 3.8) is 0 Å². The van der Waals surface area contributed by atoms with Crippen molar-refractivity contribution in [1.29, 1.82) is 0 Å². The number of nitrogens with zero attached hydrogens (tertiary/aromatic N) is 3. The molecule has 0 aliphatic rings. The highest BCUT2D eigenvalue weighted by atomic mass is 19.3. The van der Waals surface area contributed by atoms with Crippen LogP contribution in [0.1, 0.15) is 18.7 Å². The maximum absolute atomic E-state index is 11.8. The predicted octanol–water partition coefficient (Wildman–Crippen LogP) is 0.563. The van der Waals surface area contributed by atoms with Gasteiger partial charge in [0.15, 0.2) is 0 Å². The molecular weight excluding hydrogens is 166 g/mol. The van der Waals surface area contributed by atoms with Crippen molar-refractivity contribution in [2.24, 2.45) is 5.73 Å². The van der Waals surface area contributed by atoms with Gasteiger partial charge in [-0.3, -0.25) is 0 Å². The zero-order valence-corrected chi connectivity index (χ0v) is 6.61. The third kappa shape index (κ3) is 2.23. The van der Waals surface area contributed by atoms with Crippen molar-refractivity contribution in [3.05, 3.63) is 11.9 Å². The monoisotopic (exact) mass is 176 g/mol. The first-order valence-electron chi connectivity index (χ1n) is 3.53. The molecule has 0 fully saturated rings. The van der Waals surface area contributed by atoms with Crippen LogP contribution in [-0.2, 0) is 6.54 Å². The van der Waals surface area contributed by atoms with Crippen LogP contribution in [0.15, 0.2) is 6.20 Å². The lowest BCUT2D eigenvalue weighted by molar-refractivity contribution is 0.121. The maximum Gasteiger partial charge on any atom is 0.257 e. The molecule has 1 rings (SSSR count). The van der Waals surface area contributed by atoms with Crippen LogP contribution in [0.3, 0.4) is 0 Å². The zero-order valence-electron chi connectivity index (χ0n) is 6.61. The number of halogens is 2. The molecule has 0 unspecified atom stereocenters. The first-order valence-corrected chi connectivity index (χ1v) is 3.53. The van der Waals surface area contributed by atoms with Gasteiger partial charge in [-0.2, -0.15) is 0 Å². The van der Waals surface area contributed by atoms with Gasteiger partial charge in [0.2, 0.25) is 0 Å². The van der Waals surface area contributed by atoms with Crippen LogP contribution < -0.4 is 5.73 Å². The molecule has 1 aromatic heterocycles. The van der Waals surface area contributed by atoms with Crippen molar-refractivity contribution in [2.75, 3.05) is 0 Å². The average molecular weight is 176 g/mol. The van der Waals surface area contributed by atoms with Gasteiger partial charge in [-0.05, 0) is 6.92 Å². The van der Waals surface area contributed by atoms with Crippen LogP contribution >= 0.6 is 0 Å². The molecule has 1 atom stereocenters. The van der Waals surface area contributed by atoms with E-state index in [1.165, 1.54) is 6.20 Å². The smallest absolute Gasteiger partial charge is 0.257 e. The van der Waals surface area contributed by atoms with E-state index in [0.717, 1.165) is 4.68 Å². The van der Waals surface area contributed by atoms with E-state index in [0.29, 0.717) is 5.69 Å². The molecule has 0 amide bonds. The number of hydrogen-bond donors (Lipinski definition) is 1. The summed E-state index contributed by atoms with van der Waals surface area (Å²) in [5, 5.41) is 7.11. The van der Waals surface area contributed by atoms with Crippen molar-refractivity contribution in [3.8, 4) is 0 Å². The van der Waals surface area contributed by atoms with Gasteiger partial charge in [0.05, 0.1) is 11.9 Å². The summed E-state index contributed by atoms with van der Waals surface area (Å²) < 4.78 is 24.7. The normalized spacial score (nSPS) is 13.8. The fraction of sp³-hybridized carbons (Fsp3) is 0.667. The second kappa shape index (κ2) is 3.57. The lowest BCUT2D eigenvalue weighted by Crippen LogP contribution is -2.07. The van der Waals surface area contributed by atoms with Crippen LogP contribution in [-0.4, -0.2) is 21.4 Å². The Bertz CT molecular complexity index is 245. The highest BCUT2D eigenvalue weighted by Gasteiger charge is 2.08. The minimum Gasteiger partial charge on any atom is -0.323 e. The Kier molecular flexibility index (Phi) is 2.69. The van der Waals surface area contributed by atoms with Gasteiger partial charge >= 0.3 is 0 Å². The van der Waals surface area contributed by atoms with Crippen LogP contribution in [0.4, 0.5) is 8.78 Å². The summed E-state index contributed by atoms with van der Waals surface area (Å²) in [6, 6.07) is -0.267. The number of alkyl halides is 2. The molecule has 2 N–H and O–H groups in total. The molecule has 0 aromatic carbocycles. The van der Waals surface area contributed by atoms with Crippen molar-refractivity contribution >= 4 is 0 Å². The number of rotatable bonds is 3. The molecule has 4 nitrogen and oxygen atoms in total. The Morgan fingerprint density at radius 2 is 2.33 bits per heavy atom. The zero-order chi connectivity index (χ0) is 9.14.